The zero-order valence-electron chi connectivity index (χ0n) is 15.8. The molecule has 0 amide bonds. The second kappa shape index (κ2) is 8.93. The van der Waals surface area contributed by atoms with Crippen LogP contribution >= 0.6 is 0 Å². The molecule has 1 heterocycles. The third kappa shape index (κ3) is 5.72. The Morgan fingerprint density at radius 2 is 1.53 bits per heavy atom. The van der Waals surface area contributed by atoms with Crippen molar-refractivity contribution in [1.82, 2.24) is 5.32 Å². The van der Waals surface area contributed by atoms with E-state index in [0.29, 0.717) is 18.5 Å². The van der Waals surface area contributed by atoms with Gasteiger partial charge < -0.3 is 10.1 Å². The van der Waals surface area contributed by atoms with Gasteiger partial charge in [0.1, 0.15) is 5.82 Å². The number of rotatable bonds is 5. The Balaban J connectivity index is 1.97. The van der Waals surface area contributed by atoms with Crippen molar-refractivity contribution in [2.24, 2.45) is 5.92 Å². The number of hydrogen-bond acceptors (Lipinski definition) is 2. The Labute approximate surface area is 169 Å². The first kappa shape index (κ1) is 22.6. The third-order valence-electron chi connectivity index (χ3n) is 5.04. The second-order valence-corrected chi connectivity index (χ2v) is 7.30. The quantitative estimate of drug-likeness (QED) is 0.572. The molecule has 0 aliphatic carbocycles. The fourth-order valence-electron chi connectivity index (χ4n) is 3.55. The van der Waals surface area contributed by atoms with Crippen LogP contribution in [0.5, 0.6) is 0 Å². The van der Waals surface area contributed by atoms with Gasteiger partial charge in [-0.25, -0.2) is 4.39 Å². The summed E-state index contributed by atoms with van der Waals surface area (Å²) in [5.41, 5.74) is -2.35. The molecule has 0 radical (unpaired) electrons. The molecule has 0 bridgehead atoms. The Hall–Kier alpha value is -2.13. The number of piperidine rings is 1. The Kier molecular flexibility index (Phi) is 6.71. The molecule has 0 spiro atoms. The summed E-state index contributed by atoms with van der Waals surface area (Å²) in [6.07, 6.45) is -9.51. The molecule has 1 N–H and O–H groups in total. The van der Waals surface area contributed by atoms with E-state index < -0.39 is 35.4 Å². The second-order valence-electron chi connectivity index (χ2n) is 7.30. The molecule has 2 atom stereocenters. The van der Waals surface area contributed by atoms with Crippen molar-refractivity contribution in [2.45, 2.75) is 37.9 Å². The fraction of sp³-hybridized carbons (Fsp3) is 0.429. The summed E-state index contributed by atoms with van der Waals surface area (Å²) >= 11 is 0. The molecule has 3 rings (SSSR count). The van der Waals surface area contributed by atoms with E-state index in [2.05, 4.69) is 5.32 Å². The molecule has 9 heteroatoms. The number of benzene rings is 2. The van der Waals surface area contributed by atoms with Gasteiger partial charge in [0.15, 0.2) is 0 Å². The lowest BCUT2D eigenvalue weighted by molar-refractivity contribution is -0.143. The predicted octanol–water partition coefficient (Wildman–Crippen LogP) is 6.12. The average Bonchev–Trinajstić information content (AvgIpc) is 2.69. The maximum atomic E-state index is 13.3. The van der Waals surface area contributed by atoms with Gasteiger partial charge in [0.2, 0.25) is 0 Å². The summed E-state index contributed by atoms with van der Waals surface area (Å²) in [4.78, 5) is 0. The molecule has 1 fully saturated rings. The van der Waals surface area contributed by atoms with Crippen molar-refractivity contribution in [1.29, 1.82) is 0 Å². The first-order chi connectivity index (χ1) is 14.0. The minimum atomic E-state index is -4.93. The van der Waals surface area contributed by atoms with Crippen LogP contribution in [-0.4, -0.2) is 13.1 Å². The fourth-order valence-corrected chi connectivity index (χ4v) is 3.55. The van der Waals surface area contributed by atoms with Gasteiger partial charge in [0, 0.05) is 12.5 Å². The molecular formula is C21H20F7NO. The number of nitrogens with one attached hydrogen (secondary N) is 1. The van der Waals surface area contributed by atoms with Gasteiger partial charge in [-0.1, -0.05) is 12.1 Å². The smallest absolute Gasteiger partial charge is 0.369 e. The van der Waals surface area contributed by atoms with E-state index in [1.807, 2.05) is 0 Å². The van der Waals surface area contributed by atoms with E-state index in [4.69, 9.17) is 4.74 Å². The summed E-state index contributed by atoms with van der Waals surface area (Å²) in [5, 5.41) is 3.11. The summed E-state index contributed by atoms with van der Waals surface area (Å²) in [5.74, 6) is -0.761. The lowest BCUT2D eigenvalue weighted by Crippen LogP contribution is -2.34. The molecule has 2 nitrogen and oxygen atoms in total. The van der Waals surface area contributed by atoms with Crippen molar-refractivity contribution in [3.05, 3.63) is 70.5 Å². The standard InChI is InChI=1S/C21H20F7NO/c22-18-5-3-13(4-6-18)12-30-19(14-2-1-7-29-11-14)15-8-16(20(23,24)25)10-17(9-15)21(26,27)28/h3-6,8-10,14,19,29H,1-2,7,11-12H2. The lowest BCUT2D eigenvalue weighted by Gasteiger charge is -2.32. The first-order valence-corrected chi connectivity index (χ1v) is 9.40. The highest BCUT2D eigenvalue weighted by Gasteiger charge is 2.38. The molecule has 30 heavy (non-hydrogen) atoms. The zero-order chi connectivity index (χ0) is 21.9. The zero-order valence-corrected chi connectivity index (χ0v) is 15.8. The predicted molar refractivity (Wildman–Crippen MR) is 96.0 cm³/mol. The van der Waals surface area contributed by atoms with Gasteiger partial charge in [-0.05, 0) is 60.8 Å². The average molecular weight is 435 g/mol. The number of alkyl halides is 6. The molecule has 1 saturated heterocycles. The first-order valence-electron chi connectivity index (χ1n) is 9.40. The van der Waals surface area contributed by atoms with E-state index in [1.165, 1.54) is 24.3 Å². The maximum absolute atomic E-state index is 13.3. The van der Waals surface area contributed by atoms with Crippen LogP contribution in [0, 0.1) is 11.7 Å². The Morgan fingerprint density at radius 1 is 0.933 bits per heavy atom. The normalized spacial score (nSPS) is 19.0. The van der Waals surface area contributed by atoms with Crippen LogP contribution in [0.4, 0.5) is 30.7 Å². The van der Waals surface area contributed by atoms with E-state index in [0.717, 1.165) is 25.1 Å². The number of halogens is 7. The Morgan fingerprint density at radius 3 is 2.03 bits per heavy atom. The van der Waals surface area contributed by atoms with E-state index in [1.54, 1.807) is 0 Å². The van der Waals surface area contributed by atoms with E-state index >= 15 is 0 Å². The molecule has 2 aromatic rings. The van der Waals surface area contributed by atoms with Gasteiger partial charge in [-0.15, -0.1) is 0 Å². The van der Waals surface area contributed by atoms with Crippen LogP contribution in [0.2, 0.25) is 0 Å². The molecule has 0 aromatic heterocycles. The van der Waals surface area contributed by atoms with Crippen molar-refractivity contribution < 1.29 is 35.5 Å². The lowest BCUT2D eigenvalue weighted by atomic mass is 9.87. The number of ether oxygens (including phenoxy) is 1. The molecule has 2 aromatic carbocycles. The summed E-state index contributed by atoms with van der Waals surface area (Å²) < 4.78 is 98.6. The maximum Gasteiger partial charge on any atom is 0.416 e. The van der Waals surface area contributed by atoms with Crippen molar-refractivity contribution >= 4 is 0 Å². The van der Waals surface area contributed by atoms with Crippen molar-refractivity contribution in [3.63, 3.8) is 0 Å². The van der Waals surface area contributed by atoms with Crippen LogP contribution in [0.25, 0.3) is 0 Å². The van der Waals surface area contributed by atoms with Crippen LogP contribution < -0.4 is 5.32 Å². The van der Waals surface area contributed by atoms with Gasteiger partial charge in [0.05, 0.1) is 23.8 Å². The van der Waals surface area contributed by atoms with Gasteiger partial charge in [0.25, 0.3) is 0 Å². The third-order valence-corrected chi connectivity index (χ3v) is 5.04. The monoisotopic (exact) mass is 435 g/mol. The van der Waals surface area contributed by atoms with Gasteiger partial charge >= 0.3 is 12.4 Å². The summed E-state index contributed by atoms with van der Waals surface area (Å²) in [6.45, 7) is 1.06. The highest BCUT2D eigenvalue weighted by atomic mass is 19.4. The topological polar surface area (TPSA) is 21.3 Å². The van der Waals surface area contributed by atoms with Crippen molar-refractivity contribution in [2.75, 3.05) is 13.1 Å². The number of hydrogen-bond donors (Lipinski definition) is 1. The molecule has 0 saturated carbocycles. The molecule has 1 aliphatic heterocycles. The molecular weight excluding hydrogens is 415 g/mol. The molecule has 2 unspecified atom stereocenters. The van der Waals surface area contributed by atoms with Crippen LogP contribution in [-0.2, 0) is 23.7 Å². The van der Waals surface area contributed by atoms with Gasteiger partial charge in [-0.2, -0.15) is 26.3 Å². The SMILES string of the molecule is Fc1ccc(COC(c2cc(C(F)(F)F)cc(C(F)(F)F)c2)C2CCCNC2)cc1. The Bertz CT molecular complexity index is 808. The van der Waals surface area contributed by atoms with Crippen LogP contribution in [0.15, 0.2) is 42.5 Å². The highest BCUT2D eigenvalue weighted by molar-refractivity contribution is 5.35. The van der Waals surface area contributed by atoms with E-state index in [-0.39, 0.29) is 24.2 Å². The molecule has 164 valence electrons. The molecule has 1 aliphatic rings. The van der Waals surface area contributed by atoms with Gasteiger partial charge in [-0.3, -0.25) is 0 Å². The largest absolute Gasteiger partial charge is 0.416 e. The van der Waals surface area contributed by atoms with Crippen LogP contribution in [0.3, 0.4) is 0 Å². The summed E-state index contributed by atoms with van der Waals surface area (Å²) in [6, 6.07) is 6.89. The highest BCUT2D eigenvalue weighted by Crippen LogP contribution is 2.40. The van der Waals surface area contributed by atoms with E-state index in [9.17, 15) is 30.7 Å². The summed E-state index contributed by atoms with van der Waals surface area (Å²) in [7, 11) is 0. The minimum Gasteiger partial charge on any atom is -0.369 e. The van der Waals surface area contributed by atoms with Crippen LogP contribution in [0.1, 0.15) is 41.2 Å². The minimum absolute atomic E-state index is 0.0704. The van der Waals surface area contributed by atoms with Crippen molar-refractivity contribution in [3.8, 4) is 0 Å².